The standard InChI is InChI=1S/C14H15FN2O4S/c1-2-21-12(19)14(15)10(18)16-13(20)17-11(14)22-8-9-6-4-3-5-7-9/h3-7,11H,2,8H2,1H3,(H2,16,17,18,20). The molecule has 0 bridgehead atoms. The number of hydrogen-bond donors (Lipinski definition) is 2. The molecule has 2 unspecified atom stereocenters. The summed E-state index contributed by atoms with van der Waals surface area (Å²) in [6.45, 7) is 1.44. The van der Waals surface area contributed by atoms with Gasteiger partial charge in [-0.05, 0) is 12.5 Å². The van der Waals surface area contributed by atoms with Gasteiger partial charge < -0.3 is 10.1 Å². The maximum absolute atomic E-state index is 15.0. The lowest BCUT2D eigenvalue weighted by molar-refractivity contribution is -0.163. The molecule has 1 saturated heterocycles. The minimum Gasteiger partial charge on any atom is -0.463 e. The Kier molecular flexibility index (Phi) is 5.02. The third-order valence-corrected chi connectivity index (χ3v) is 4.29. The normalized spacial score (nSPS) is 24.4. The molecule has 0 spiro atoms. The highest BCUT2D eigenvalue weighted by atomic mass is 32.2. The fraction of sp³-hybridized carbons (Fsp3) is 0.357. The number of thioether (sulfide) groups is 1. The second kappa shape index (κ2) is 6.78. The molecule has 1 fully saturated rings. The molecule has 3 amide bonds. The molecule has 6 nitrogen and oxygen atoms in total. The van der Waals surface area contributed by atoms with Gasteiger partial charge in [-0.1, -0.05) is 30.3 Å². The lowest BCUT2D eigenvalue weighted by atomic mass is 10.0. The lowest BCUT2D eigenvalue weighted by Gasteiger charge is -2.34. The number of alkyl halides is 1. The first-order valence-electron chi connectivity index (χ1n) is 6.62. The van der Waals surface area contributed by atoms with Crippen LogP contribution >= 0.6 is 11.8 Å². The number of amides is 3. The maximum atomic E-state index is 15.0. The zero-order valence-corrected chi connectivity index (χ0v) is 12.6. The van der Waals surface area contributed by atoms with Gasteiger partial charge in [0.2, 0.25) is 0 Å². The largest absolute Gasteiger partial charge is 0.463 e. The van der Waals surface area contributed by atoms with Crippen molar-refractivity contribution in [2.24, 2.45) is 0 Å². The zero-order chi connectivity index (χ0) is 16.2. The summed E-state index contributed by atoms with van der Waals surface area (Å²) in [6, 6.07) is 8.27. The van der Waals surface area contributed by atoms with Crippen LogP contribution in [0.2, 0.25) is 0 Å². The fourth-order valence-electron chi connectivity index (χ4n) is 1.91. The van der Waals surface area contributed by atoms with E-state index in [1.165, 1.54) is 6.92 Å². The molecule has 2 N–H and O–H groups in total. The quantitative estimate of drug-likeness (QED) is 0.630. The van der Waals surface area contributed by atoms with Crippen LogP contribution < -0.4 is 10.6 Å². The Morgan fingerprint density at radius 2 is 2.05 bits per heavy atom. The highest BCUT2D eigenvalue weighted by molar-refractivity contribution is 7.99. The summed E-state index contributed by atoms with van der Waals surface area (Å²) in [5.41, 5.74) is -2.08. The maximum Gasteiger partial charge on any atom is 0.357 e. The van der Waals surface area contributed by atoms with Gasteiger partial charge in [-0.3, -0.25) is 10.1 Å². The topological polar surface area (TPSA) is 84.5 Å². The van der Waals surface area contributed by atoms with Crippen molar-refractivity contribution in [2.75, 3.05) is 6.61 Å². The van der Waals surface area contributed by atoms with E-state index < -0.39 is 29.0 Å². The number of esters is 1. The third kappa shape index (κ3) is 3.22. The van der Waals surface area contributed by atoms with Gasteiger partial charge in [0.15, 0.2) is 0 Å². The molecule has 0 saturated carbocycles. The van der Waals surface area contributed by atoms with Crippen molar-refractivity contribution in [3.63, 3.8) is 0 Å². The highest BCUT2D eigenvalue weighted by Crippen LogP contribution is 2.31. The van der Waals surface area contributed by atoms with Crippen LogP contribution in [0, 0.1) is 0 Å². The number of nitrogens with one attached hydrogen (secondary N) is 2. The summed E-state index contributed by atoms with van der Waals surface area (Å²) in [5, 5.41) is 2.67. The molecule has 1 aliphatic heterocycles. The van der Waals surface area contributed by atoms with Gasteiger partial charge in [-0.15, -0.1) is 11.8 Å². The van der Waals surface area contributed by atoms with E-state index in [1.54, 1.807) is 5.32 Å². The van der Waals surface area contributed by atoms with Crippen molar-refractivity contribution >= 4 is 29.7 Å². The Balaban J connectivity index is 2.18. The van der Waals surface area contributed by atoms with Crippen LogP contribution in [0.3, 0.4) is 0 Å². The molecule has 22 heavy (non-hydrogen) atoms. The van der Waals surface area contributed by atoms with Crippen LogP contribution in [0.15, 0.2) is 30.3 Å². The molecule has 1 aromatic rings. The third-order valence-electron chi connectivity index (χ3n) is 3.01. The van der Waals surface area contributed by atoms with Gasteiger partial charge in [0.1, 0.15) is 5.37 Å². The van der Waals surface area contributed by atoms with Gasteiger partial charge in [-0.2, -0.15) is 0 Å². The Hall–Kier alpha value is -2.09. The van der Waals surface area contributed by atoms with E-state index >= 15 is 0 Å². The average Bonchev–Trinajstić information content (AvgIpc) is 2.50. The minimum absolute atomic E-state index is 0.0677. The monoisotopic (exact) mass is 326 g/mol. The summed E-state index contributed by atoms with van der Waals surface area (Å²) in [7, 11) is 0. The van der Waals surface area contributed by atoms with Crippen molar-refractivity contribution in [3.05, 3.63) is 35.9 Å². The molecule has 118 valence electrons. The summed E-state index contributed by atoms with van der Waals surface area (Å²) in [6.07, 6.45) is 0. The van der Waals surface area contributed by atoms with Gasteiger partial charge >= 0.3 is 17.7 Å². The average molecular weight is 326 g/mol. The molecule has 0 aromatic heterocycles. The van der Waals surface area contributed by atoms with Crippen LogP contribution in [0.5, 0.6) is 0 Å². The SMILES string of the molecule is CCOC(=O)C1(F)C(=O)NC(=O)NC1SCc1ccccc1. The number of benzene rings is 1. The van der Waals surface area contributed by atoms with E-state index in [4.69, 9.17) is 0 Å². The van der Waals surface area contributed by atoms with E-state index in [0.717, 1.165) is 17.3 Å². The van der Waals surface area contributed by atoms with Crippen molar-refractivity contribution in [3.8, 4) is 0 Å². The van der Waals surface area contributed by atoms with Crippen LogP contribution in [0.25, 0.3) is 0 Å². The number of halogens is 1. The van der Waals surface area contributed by atoms with Crippen LogP contribution in [-0.2, 0) is 20.1 Å². The number of rotatable bonds is 5. The Morgan fingerprint density at radius 1 is 1.36 bits per heavy atom. The second-order valence-electron chi connectivity index (χ2n) is 4.54. The second-order valence-corrected chi connectivity index (χ2v) is 5.63. The number of imide groups is 1. The van der Waals surface area contributed by atoms with E-state index in [2.05, 4.69) is 10.1 Å². The molecular weight excluding hydrogens is 311 g/mol. The lowest BCUT2D eigenvalue weighted by Crippen LogP contribution is -2.69. The Morgan fingerprint density at radius 3 is 2.68 bits per heavy atom. The molecule has 8 heteroatoms. The zero-order valence-electron chi connectivity index (χ0n) is 11.8. The van der Waals surface area contributed by atoms with Gasteiger partial charge in [0, 0.05) is 5.75 Å². The highest BCUT2D eigenvalue weighted by Gasteiger charge is 2.59. The Bertz CT molecular complexity index is 583. The number of carbonyl (C=O) groups is 3. The summed E-state index contributed by atoms with van der Waals surface area (Å²) >= 11 is 0.950. The first-order chi connectivity index (χ1) is 10.5. The predicted molar refractivity (Wildman–Crippen MR) is 78.7 cm³/mol. The van der Waals surface area contributed by atoms with Crippen molar-refractivity contribution in [1.82, 2.24) is 10.6 Å². The van der Waals surface area contributed by atoms with Crippen molar-refractivity contribution < 1.29 is 23.5 Å². The molecular formula is C14H15FN2O4S. The molecule has 2 atom stereocenters. The van der Waals surface area contributed by atoms with E-state index in [1.807, 2.05) is 30.3 Å². The smallest absolute Gasteiger partial charge is 0.357 e. The van der Waals surface area contributed by atoms with Gasteiger partial charge in [0.05, 0.1) is 6.61 Å². The molecule has 0 radical (unpaired) electrons. The number of ether oxygens (including phenoxy) is 1. The first kappa shape index (κ1) is 16.3. The Labute approximate surface area is 130 Å². The predicted octanol–water partition coefficient (Wildman–Crippen LogP) is 1.36. The van der Waals surface area contributed by atoms with E-state index in [0.29, 0.717) is 5.75 Å². The number of hydrogen-bond acceptors (Lipinski definition) is 5. The molecule has 1 aromatic carbocycles. The van der Waals surface area contributed by atoms with Crippen LogP contribution in [0.1, 0.15) is 12.5 Å². The first-order valence-corrected chi connectivity index (χ1v) is 7.67. The molecule has 1 heterocycles. The van der Waals surface area contributed by atoms with Crippen LogP contribution in [0.4, 0.5) is 9.18 Å². The van der Waals surface area contributed by atoms with Crippen molar-refractivity contribution in [2.45, 2.75) is 23.7 Å². The van der Waals surface area contributed by atoms with E-state index in [-0.39, 0.29) is 6.61 Å². The molecule has 0 aliphatic carbocycles. The number of carbonyl (C=O) groups excluding carboxylic acids is 3. The molecule has 1 aliphatic rings. The van der Waals surface area contributed by atoms with E-state index in [9.17, 15) is 18.8 Å². The minimum atomic E-state index is -2.95. The van der Waals surface area contributed by atoms with Gasteiger partial charge in [-0.25, -0.2) is 14.0 Å². The van der Waals surface area contributed by atoms with Gasteiger partial charge in [0.25, 0.3) is 5.91 Å². The summed E-state index contributed by atoms with van der Waals surface area (Å²) in [4.78, 5) is 35.0. The number of urea groups is 1. The summed E-state index contributed by atoms with van der Waals surface area (Å²) in [5.74, 6) is -2.29. The summed E-state index contributed by atoms with van der Waals surface area (Å²) < 4.78 is 19.6. The van der Waals surface area contributed by atoms with Crippen molar-refractivity contribution in [1.29, 1.82) is 0 Å². The molecule has 2 rings (SSSR count). The van der Waals surface area contributed by atoms with Crippen LogP contribution in [-0.4, -0.2) is 35.6 Å². The fourth-order valence-corrected chi connectivity index (χ4v) is 3.09.